The molecule has 0 nitrogen and oxygen atoms in total. The van der Waals surface area contributed by atoms with Crippen LogP contribution in [0.5, 0.6) is 0 Å². The van der Waals surface area contributed by atoms with E-state index in [-0.39, 0.29) is 0 Å². The van der Waals surface area contributed by atoms with E-state index in [0.717, 1.165) is 0 Å². The zero-order valence-corrected chi connectivity index (χ0v) is 24.5. The van der Waals surface area contributed by atoms with Gasteiger partial charge in [0.05, 0.1) is 0 Å². The van der Waals surface area contributed by atoms with E-state index in [2.05, 4.69) is 106 Å². The van der Waals surface area contributed by atoms with Crippen molar-refractivity contribution in [2.75, 3.05) is 0 Å². The second kappa shape index (κ2) is 9.73. The Morgan fingerprint density at radius 2 is 1.14 bits per heavy atom. The number of fused-ring (bicyclic) bond motifs is 4. The molecule has 0 saturated heterocycles. The first kappa shape index (κ1) is 24.6. The van der Waals surface area contributed by atoms with Crippen LogP contribution in [-0.2, 0) is 0 Å². The summed E-state index contributed by atoms with van der Waals surface area (Å²) < 4.78 is 2.71. The van der Waals surface area contributed by atoms with Crippen LogP contribution in [-0.4, -0.2) is 8.07 Å². The van der Waals surface area contributed by atoms with Crippen LogP contribution < -0.4 is 0 Å². The predicted octanol–water partition coefficient (Wildman–Crippen LogP) is 11.2. The van der Waals surface area contributed by atoms with Crippen LogP contribution in [0.15, 0.2) is 53.2 Å². The Bertz CT molecular complexity index is 1460. The van der Waals surface area contributed by atoms with Gasteiger partial charge < -0.3 is 0 Å². The minimum absolute atomic E-state index is 0.689. The van der Waals surface area contributed by atoms with Gasteiger partial charge in [0, 0.05) is 15.0 Å². The lowest BCUT2D eigenvalue weighted by Gasteiger charge is -2.41. The van der Waals surface area contributed by atoms with E-state index in [0.29, 0.717) is 16.6 Å². The Labute approximate surface area is 219 Å². The molecular formula is C32H36S2Si. The minimum Gasteiger partial charge on any atom is -0.144 e. The molecule has 35 heavy (non-hydrogen) atoms. The fourth-order valence-corrected chi connectivity index (χ4v) is 13.8. The minimum atomic E-state index is -1.90. The van der Waals surface area contributed by atoms with Gasteiger partial charge in [0.25, 0.3) is 0 Å². The first-order valence-corrected chi connectivity index (χ1v) is 17.2. The Hall–Kier alpha value is -2.12. The van der Waals surface area contributed by atoms with Crippen LogP contribution in [0.3, 0.4) is 0 Å². The summed E-state index contributed by atoms with van der Waals surface area (Å²) in [6.45, 7) is 14.6. The molecule has 3 atom stereocenters. The van der Waals surface area contributed by atoms with Crippen LogP contribution in [0.1, 0.15) is 66.4 Å². The molecule has 0 aliphatic heterocycles. The van der Waals surface area contributed by atoms with Gasteiger partial charge in [-0.05, 0) is 102 Å². The standard InChI is InChI=1S/C32H36S2Si/c1-7-21(4)35(22(5)8-2,23(6)9-3)15-12-28-29-18-25-11-14-33-31(25)19-27(29)17-26-16-24-10-13-34-32(24)20-30(26)28/h10-11,13-14,16-23H,7-9H2,1-6H3. The highest BCUT2D eigenvalue weighted by Crippen LogP contribution is 2.46. The van der Waals surface area contributed by atoms with Crippen LogP contribution in [0.4, 0.5) is 0 Å². The SMILES string of the molecule is CCC(C)[Si](C#Cc1c2cc3ccsc3cc2cc2cc3ccsc3cc12)(C(C)CC)C(C)CC. The molecule has 0 radical (unpaired) electrons. The smallest absolute Gasteiger partial charge is 0.144 e. The van der Waals surface area contributed by atoms with E-state index in [4.69, 9.17) is 0 Å². The quantitative estimate of drug-likeness (QED) is 0.120. The molecule has 0 saturated carbocycles. The maximum Gasteiger partial charge on any atom is 0.147 e. The summed E-state index contributed by atoms with van der Waals surface area (Å²) in [5, 5.41) is 12.3. The summed E-state index contributed by atoms with van der Waals surface area (Å²) in [5.41, 5.74) is 7.47. The molecule has 3 heteroatoms. The molecule has 0 spiro atoms. The van der Waals surface area contributed by atoms with Crippen molar-refractivity contribution in [3.63, 3.8) is 0 Å². The van der Waals surface area contributed by atoms with Crippen molar-refractivity contribution in [1.29, 1.82) is 0 Å². The van der Waals surface area contributed by atoms with Crippen molar-refractivity contribution in [2.45, 2.75) is 77.4 Å². The number of rotatable bonds is 6. The van der Waals surface area contributed by atoms with Crippen LogP contribution in [0, 0.1) is 11.5 Å². The average Bonchev–Trinajstić information content (AvgIpc) is 3.53. The Kier molecular flexibility index (Phi) is 6.83. The van der Waals surface area contributed by atoms with Crippen LogP contribution in [0.25, 0.3) is 41.7 Å². The van der Waals surface area contributed by atoms with E-state index >= 15 is 0 Å². The zero-order valence-electron chi connectivity index (χ0n) is 21.9. The zero-order chi connectivity index (χ0) is 24.7. The molecule has 0 amide bonds. The summed E-state index contributed by atoms with van der Waals surface area (Å²) in [4.78, 5) is 0. The van der Waals surface area contributed by atoms with Crippen molar-refractivity contribution in [1.82, 2.24) is 0 Å². The molecule has 0 N–H and O–H groups in total. The molecule has 2 aromatic heterocycles. The second-order valence-electron chi connectivity index (χ2n) is 10.4. The molecule has 2 heterocycles. The monoisotopic (exact) mass is 512 g/mol. The normalized spacial score (nSPS) is 16.3. The molecule has 0 aliphatic rings. The summed E-state index contributed by atoms with van der Waals surface area (Å²) in [5.74, 6) is 3.95. The van der Waals surface area contributed by atoms with Gasteiger partial charge >= 0.3 is 0 Å². The summed E-state index contributed by atoms with van der Waals surface area (Å²) in [6, 6.07) is 16.4. The first-order chi connectivity index (χ1) is 16.9. The van der Waals surface area contributed by atoms with Gasteiger partial charge in [0.1, 0.15) is 8.07 Å². The fraction of sp³-hybridized carbons (Fsp3) is 0.375. The second-order valence-corrected chi connectivity index (χ2v) is 17.4. The van der Waals surface area contributed by atoms with Crippen LogP contribution >= 0.6 is 22.7 Å². The average molecular weight is 513 g/mol. The van der Waals surface area contributed by atoms with Gasteiger partial charge in [-0.15, -0.1) is 28.2 Å². The lowest BCUT2D eigenvalue weighted by molar-refractivity contribution is 0.702. The molecular weight excluding hydrogens is 477 g/mol. The Balaban J connectivity index is 1.87. The van der Waals surface area contributed by atoms with Gasteiger partial charge in [-0.1, -0.05) is 66.7 Å². The molecule has 180 valence electrons. The summed E-state index contributed by atoms with van der Waals surface area (Å²) in [6.07, 6.45) is 3.66. The third kappa shape index (κ3) is 4.04. The molecule has 3 unspecified atom stereocenters. The van der Waals surface area contributed by atoms with Crippen molar-refractivity contribution in [3.8, 4) is 11.5 Å². The van der Waals surface area contributed by atoms with Gasteiger partial charge in [-0.3, -0.25) is 0 Å². The van der Waals surface area contributed by atoms with E-state index in [9.17, 15) is 0 Å². The number of hydrogen-bond acceptors (Lipinski definition) is 2. The molecule has 0 aliphatic carbocycles. The number of thiophene rings is 2. The molecule has 5 rings (SSSR count). The van der Waals surface area contributed by atoms with E-state index in [1.807, 2.05) is 22.7 Å². The highest BCUT2D eigenvalue weighted by molar-refractivity contribution is 7.17. The summed E-state index contributed by atoms with van der Waals surface area (Å²) in [7, 11) is -1.90. The summed E-state index contributed by atoms with van der Waals surface area (Å²) >= 11 is 3.66. The van der Waals surface area contributed by atoms with Crippen LogP contribution in [0.2, 0.25) is 16.6 Å². The van der Waals surface area contributed by atoms with Crippen molar-refractivity contribution < 1.29 is 0 Å². The van der Waals surface area contributed by atoms with Gasteiger partial charge in [-0.25, -0.2) is 0 Å². The maximum atomic E-state index is 4.16. The number of hydrogen-bond donors (Lipinski definition) is 0. The lowest BCUT2D eigenvalue weighted by Crippen LogP contribution is -2.45. The van der Waals surface area contributed by atoms with E-state index < -0.39 is 8.07 Å². The van der Waals surface area contributed by atoms with Crippen molar-refractivity contribution >= 4 is 72.5 Å². The largest absolute Gasteiger partial charge is 0.147 e. The van der Waals surface area contributed by atoms with Gasteiger partial charge in [0.2, 0.25) is 0 Å². The van der Waals surface area contributed by atoms with E-state index in [1.165, 1.54) is 66.5 Å². The highest BCUT2D eigenvalue weighted by Gasteiger charge is 2.45. The highest BCUT2D eigenvalue weighted by atomic mass is 32.1. The van der Waals surface area contributed by atoms with Crippen molar-refractivity contribution in [2.24, 2.45) is 0 Å². The van der Waals surface area contributed by atoms with Gasteiger partial charge in [0.15, 0.2) is 0 Å². The Morgan fingerprint density at radius 1 is 0.657 bits per heavy atom. The predicted molar refractivity (Wildman–Crippen MR) is 164 cm³/mol. The van der Waals surface area contributed by atoms with Crippen molar-refractivity contribution in [3.05, 3.63) is 58.8 Å². The number of benzene rings is 3. The maximum absolute atomic E-state index is 4.16. The molecule has 5 aromatic rings. The molecule has 0 bridgehead atoms. The fourth-order valence-electron chi connectivity index (χ4n) is 6.18. The first-order valence-electron chi connectivity index (χ1n) is 13.2. The third-order valence-corrected chi connectivity index (χ3v) is 17.2. The third-order valence-electron chi connectivity index (χ3n) is 8.79. The topological polar surface area (TPSA) is 0 Å². The van der Waals surface area contributed by atoms with Gasteiger partial charge in [-0.2, -0.15) is 0 Å². The Morgan fingerprint density at radius 3 is 1.74 bits per heavy atom. The molecule has 3 aromatic carbocycles. The lowest BCUT2D eigenvalue weighted by atomic mass is 9.95. The molecule has 0 fully saturated rings. The van der Waals surface area contributed by atoms with E-state index in [1.54, 1.807) is 0 Å².